The molecule has 0 aromatic heterocycles. The zero-order valence-corrected chi connectivity index (χ0v) is 12.4. The molecule has 0 unspecified atom stereocenters. The fraction of sp³-hybridized carbons (Fsp3) is 0.533. The van der Waals surface area contributed by atoms with Gasteiger partial charge in [0.15, 0.2) is 0 Å². The molecule has 1 aliphatic heterocycles. The molecule has 0 atom stereocenters. The summed E-state index contributed by atoms with van der Waals surface area (Å²) in [5.74, 6) is 0.910. The van der Waals surface area contributed by atoms with Gasteiger partial charge in [0, 0.05) is 29.8 Å². The highest BCUT2D eigenvalue weighted by atomic mass is 16.5. The third kappa shape index (κ3) is 3.11. The van der Waals surface area contributed by atoms with E-state index in [9.17, 15) is 0 Å². The number of hydrogen-bond acceptors (Lipinski definition) is 4. The maximum Gasteiger partial charge on any atom is 0.123 e. The Hall–Kier alpha value is -1.59. The van der Waals surface area contributed by atoms with E-state index in [1.54, 1.807) is 7.11 Å². The summed E-state index contributed by atoms with van der Waals surface area (Å²) >= 11 is 0. The molecule has 0 radical (unpaired) electrons. The summed E-state index contributed by atoms with van der Waals surface area (Å²) < 4.78 is 11.0. The lowest BCUT2D eigenvalue weighted by atomic mass is 10.0. The molecule has 5 heteroatoms. The molecule has 0 spiro atoms. The summed E-state index contributed by atoms with van der Waals surface area (Å²) in [7, 11) is 1.66. The van der Waals surface area contributed by atoms with E-state index in [4.69, 9.17) is 20.6 Å². The minimum atomic E-state index is -0.00447. The Morgan fingerprint density at radius 3 is 2.85 bits per heavy atom. The average Bonchev–Trinajstić information content (AvgIpc) is 2.41. The van der Waals surface area contributed by atoms with Gasteiger partial charge in [-0.15, -0.1) is 0 Å². The first-order valence-electron chi connectivity index (χ1n) is 6.78. The smallest absolute Gasteiger partial charge is 0.123 e. The monoisotopic (exact) mass is 277 g/mol. The third-order valence-corrected chi connectivity index (χ3v) is 3.77. The first kappa shape index (κ1) is 14.8. The minimum absolute atomic E-state index is 0.00447. The molecule has 3 N–H and O–H groups in total. The van der Waals surface area contributed by atoms with Crippen LogP contribution in [0, 0.1) is 5.41 Å². The van der Waals surface area contributed by atoms with E-state index < -0.39 is 0 Å². The maximum absolute atomic E-state index is 7.56. The SMILES string of the molecule is COc1ccc(C(=N)N)cc1CN1CCOCC1(C)C. The van der Waals surface area contributed by atoms with Gasteiger partial charge in [-0.3, -0.25) is 10.3 Å². The molecule has 0 amide bonds. The second-order valence-corrected chi connectivity index (χ2v) is 5.73. The Bertz CT molecular complexity index is 500. The van der Waals surface area contributed by atoms with Gasteiger partial charge in [-0.05, 0) is 32.0 Å². The number of amidine groups is 1. The number of nitrogens with one attached hydrogen (secondary N) is 1. The largest absolute Gasteiger partial charge is 0.496 e. The summed E-state index contributed by atoms with van der Waals surface area (Å²) in [4.78, 5) is 2.37. The Kier molecular flexibility index (Phi) is 4.30. The lowest BCUT2D eigenvalue weighted by molar-refractivity contribution is -0.0554. The van der Waals surface area contributed by atoms with Crippen molar-refractivity contribution < 1.29 is 9.47 Å². The predicted octanol–water partition coefficient (Wildman–Crippen LogP) is 1.59. The summed E-state index contributed by atoms with van der Waals surface area (Å²) in [5.41, 5.74) is 7.34. The van der Waals surface area contributed by atoms with Crippen molar-refractivity contribution in [2.24, 2.45) is 5.73 Å². The van der Waals surface area contributed by atoms with Crippen LogP contribution in [0.5, 0.6) is 5.75 Å². The highest BCUT2D eigenvalue weighted by Gasteiger charge is 2.30. The number of nitrogen functional groups attached to an aromatic ring is 1. The van der Waals surface area contributed by atoms with Gasteiger partial charge in [-0.2, -0.15) is 0 Å². The third-order valence-electron chi connectivity index (χ3n) is 3.77. The van der Waals surface area contributed by atoms with Crippen LogP contribution in [0.4, 0.5) is 0 Å². The standard InChI is InChI=1S/C15H23N3O2/c1-15(2)10-20-7-6-18(15)9-12-8-11(14(16)17)4-5-13(12)19-3/h4-5,8H,6-7,9-10H2,1-3H3,(H3,16,17). The van der Waals surface area contributed by atoms with E-state index in [0.717, 1.165) is 43.2 Å². The highest BCUT2D eigenvalue weighted by Crippen LogP contribution is 2.26. The molecule has 5 nitrogen and oxygen atoms in total. The van der Waals surface area contributed by atoms with Gasteiger partial charge in [-0.1, -0.05) is 0 Å². The maximum atomic E-state index is 7.56. The zero-order valence-electron chi connectivity index (χ0n) is 12.4. The summed E-state index contributed by atoms with van der Waals surface area (Å²) in [6.07, 6.45) is 0. The first-order chi connectivity index (χ1) is 9.44. The fourth-order valence-corrected chi connectivity index (χ4v) is 2.46. The van der Waals surface area contributed by atoms with E-state index in [2.05, 4.69) is 18.7 Å². The second-order valence-electron chi connectivity index (χ2n) is 5.73. The predicted molar refractivity (Wildman–Crippen MR) is 79.3 cm³/mol. The van der Waals surface area contributed by atoms with E-state index in [1.807, 2.05) is 18.2 Å². The normalized spacial score (nSPS) is 18.8. The van der Waals surface area contributed by atoms with Crippen molar-refractivity contribution >= 4 is 5.84 Å². The number of hydrogen-bond donors (Lipinski definition) is 2. The quantitative estimate of drug-likeness (QED) is 0.647. The summed E-state index contributed by atoms with van der Waals surface area (Å²) in [6.45, 7) is 7.47. The molecule has 2 rings (SSSR count). The molecular formula is C15H23N3O2. The van der Waals surface area contributed by atoms with Crippen molar-refractivity contribution in [1.82, 2.24) is 4.90 Å². The van der Waals surface area contributed by atoms with Crippen molar-refractivity contribution in [3.63, 3.8) is 0 Å². The zero-order chi connectivity index (χ0) is 14.8. The number of nitrogens with two attached hydrogens (primary N) is 1. The van der Waals surface area contributed by atoms with E-state index in [1.165, 1.54) is 0 Å². The summed E-state index contributed by atoms with van der Waals surface area (Å²) in [5, 5.41) is 7.56. The topological polar surface area (TPSA) is 71.6 Å². The van der Waals surface area contributed by atoms with E-state index in [0.29, 0.717) is 0 Å². The van der Waals surface area contributed by atoms with Crippen LogP contribution in [-0.2, 0) is 11.3 Å². The number of ether oxygens (including phenoxy) is 2. The Balaban J connectivity index is 2.26. The fourth-order valence-electron chi connectivity index (χ4n) is 2.46. The lowest BCUT2D eigenvalue weighted by Crippen LogP contribution is -2.52. The van der Waals surface area contributed by atoms with Crippen molar-refractivity contribution in [2.45, 2.75) is 25.9 Å². The van der Waals surface area contributed by atoms with Gasteiger partial charge < -0.3 is 15.2 Å². The van der Waals surface area contributed by atoms with Gasteiger partial charge in [0.05, 0.1) is 20.3 Å². The van der Waals surface area contributed by atoms with Crippen LogP contribution in [-0.4, -0.2) is 43.1 Å². The van der Waals surface area contributed by atoms with Crippen LogP contribution in [0.3, 0.4) is 0 Å². The van der Waals surface area contributed by atoms with Crippen molar-refractivity contribution in [3.8, 4) is 5.75 Å². The van der Waals surface area contributed by atoms with Crippen molar-refractivity contribution in [1.29, 1.82) is 5.41 Å². The number of nitrogens with zero attached hydrogens (tertiary/aromatic N) is 1. The molecular weight excluding hydrogens is 254 g/mol. The van der Waals surface area contributed by atoms with Crippen molar-refractivity contribution in [3.05, 3.63) is 29.3 Å². The molecule has 20 heavy (non-hydrogen) atoms. The summed E-state index contributed by atoms with van der Waals surface area (Å²) in [6, 6.07) is 5.63. The van der Waals surface area contributed by atoms with Crippen LogP contribution in [0.15, 0.2) is 18.2 Å². The van der Waals surface area contributed by atoms with Crippen molar-refractivity contribution in [2.75, 3.05) is 26.9 Å². The minimum Gasteiger partial charge on any atom is -0.496 e. The Labute approximate surface area is 120 Å². The molecule has 1 saturated heterocycles. The molecule has 1 aliphatic rings. The molecule has 0 saturated carbocycles. The number of benzene rings is 1. The molecule has 1 fully saturated rings. The van der Waals surface area contributed by atoms with E-state index >= 15 is 0 Å². The molecule has 1 aromatic rings. The molecule has 1 aromatic carbocycles. The van der Waals surface area contributed by atoms with Gasteiger partial charge in [0.2, 0.25) is 0 Å². The molecule has 110 valence electrons. The lowest BCUT2D eigenvalue weighted by Gasteiger charge is -2.42. The molecule has 0 bridgehead atoms. The van der Waals surface area contributed by atoms with Gasteiger partial charge in [0.25, 0.3) is 0 Å². The van der Waals surface area contributed by atoms with E-state index in [-0.39, 0.29) is 11.4 Å². The highest BCUT2D eigenvalue weighted by molar-refractivity contribution is 5.95. The average molecular weight is 277 g/mol. The number of rotatable bonds is 4. The van der Waals surface area contributed by atoms with Crippen LogP contribution >= 0.6 is 0 Å². The molecule has 1 heterocycles. The molecule has 0 aliphatic carbocycles. The Morgan fingerprint density at radius 2 is 2.25 bits per heavy atom. The number of morpholine rings is 1. The van der Waals surface area contributed by atoms with Crippen LogP contribution in [0.1, 0.15) is 25.0 Å². The number of methoxy groups -OCH3 is 1. The van der Waals surface area contributed by atoms with Gasteiger partial charge >= 0.3 is 0 Å². The Morgan fingerprint density at radius 1 is 1.50 bits per heavy atom. The van der Waals surface area contributed by atoms with Gasteiger partial charge in [0.1, 0.15) is 11.6 Å². The second kappa shape index (κ2) is 5.81. The van der Waals surface area contributed by atoms with Gasteiger partial charge in [-0.25, -0.2) is 0 Å². The first-order valence-corrected chi connectivity index (χ1v) is 6.78. The van der Waals surface area contributed by atoms with Crippen LogP contribution < -0.4 is 10.5 Å². The van der Waals surface area contributed by atoms with Crippen LogP contribution in [0.2, 0.25) is 0 Å². The van der Waals surface area contributed by atoms with Crippen LogP contribution in [0.25, 0.3) is 0 Å².